The number of amidine groups is 2. The Morgan fingerprint density at radius 1 is 0.839 bits per heavy atom. The molecule has 17 heteroatoms. The summed E-state index contributed by atoms with van der Waals surface area (Å²) in [4.78, 5) is 9.01. The van der Waals surface area contributed by atoms with E-state index < -0.39 is 31.9 Å². The van der Waals surface area contributed by atoms with Gasteiger partial charge in [-0.25, -0.2) is 0 Å². The van der Waals surface area contributed by atoms with Crippen molar-refractivity contribution in [1.29, 1.82) is 0 Å². The molecule has 15 nitrogen and oxygen atoms in total. The second kappa shape index (κ2) is 11.2. The maximum atomic E-state index is 9.44. The molecule has 0 aromatic carbocycles. The zero-order valence-electron chi connectivity index (χ0n) is 18.1. The van der Waals surface area contributed by atoms with E-state index in [4.69, 9.17) is 9.11 Å². The SMILES string of the molecule is CC1CN=C(C(C)(C)N=NC(C)(C)C2=NCC(C)N2)N1.O.O.O=S(=O)(O)OS(=O)(=O)O. The van der Waals surface area contributed by atoms with Crippen molar-refractivity contribution in [3.63, 3.8) is 0 Å². The van der Waals surface area contributed by atoms with Crippen molar-refractivity contribution in [1.82, 2.24) is 10.6 Å². The highest BCUT2D eigenvalue weighted by Crippen LogP contribution is 2.20. The number of rotatable bonds is 6. The topological polar surface area (TPSA) is 254 Å². The van der Waals surface area contributed by atoms with Crippen LogP contribution in [0.15, 0.2) is 20.2 Å². The number of hydrogen-bond donors (Lipinski definition) is 4. The van der Waals surface area contributed by atoms with Gasteiger partial charge in [0.1, 0.15) is 22.7 Å². The Morgan fingerprint density at radius 2 is 1.13 bits per heavy atom. The molecule has 2 heterocycles. The molecule has 2 aliphatic heterocycles. The quantitative estimate of drug-likeness (QED) is 0.254. The summed E-state index contributed by atoms with van der Waals surface area (Å²) >= 11 is 0. The maximum absolute atomic E-state index is 9.44. The van der Waals surface area contributed by atoms with Crippen LogP contribution in [0.4, 0.5) is 0 Å². The monoisotopic (exact) mass is 492 g/mol. The third-order valence-corrected chi connectivity index (χ3v) is 5.07. The van der Waals surface area contributed by atoms with E-state index in [1.807, 2.05) is 27.7 Å². The molecule has 0 bridgehead atoms. The molecular formula is C14H32N6O9S2. The highest BCUT2D eigenvalue weighted by atomic mass is 32.3. The van der Waals surface area contributed by atoms with Crippen molar-refractivity contribution in [3.05, 3.63) is 0 Å². The molecule has 0 saturated heterocycles. The summed E-state index contributed by atoms with van der Waals surface area (Å²) in [5.74, 6) is 1.83. The molecule has 0 radical (unpaired) electrons. The fraction of sp³-hybridized carbons (Fsp3) is 0.857. The van der Waals surface area contributed by atoms with Crippen molar-refractivity contribution in [2.75, 3.05) is 13.1 Å². The predicted octanol–water partition coefficient (Wildman–Crippen LogP) is -1.26. The Hall–Kier alpha value is -1.76. The molecular weight excluding hydrogens is 460 g/mol. The molecule has 31 heavy (non-hydrogen) atoms. The number of aliphatic imine (C=N–C) groups is 2. The van der Waals surface area contributed by atoms with Crippen LogP contribution in [0.3, 0.4) is 0 Å². The largest absolute Gasteiger partial charge is 0.413 e. The van der Waals surface area contributed by atoms with Crippen molar-refractivity contribution in [2.45, 2.75) is 64.7 Å². The second-order valence-corrected chi connectivity index (χ2v) is 9.97. The smallest absolute Gasteiger partial charge is 0.412 e. The molecule has 0 aromatic heterocycles. The van der Waals surface area contributed by atoms with Crippen LogP contribution in [0, 0.1) is 0 Å². The first-order valence-electron chi connectivity index (χ1n) is 8.64. The Labute approximate surface area is 182 Å². The van der Waals surface area contributed by atoms with Crippen molar-refractivity contribution < 1.29 is 40.5 Å². The minimum absolute atomic E-state index is 0. The zero-order valence-corrected chi connectivity index (χ0v) is 19.7. The van der Waals surface area contributed by atoms with E-state index in [9.17, 15) is 16.8 Å². The lowest BCUT2D eigenvalue weighted by Crippen LogP contribution is -2.43. The average molecular weight is 493 g/mol. The van der Waals surface area contributed by atoms with Crippen LogP contribution in [0.2, 0.25) is 0 Å². The van der Waals surface area contributed by atoms with E-state index in [1.165, 1.54) is 0 Å². The summed E-state index contributed by atoms with van der Waals surface area (Å²) in [7, 11) is -10.2. The standard InChI is InChI=1S/C14H26N6.H2O7S2.2H2O/c1-9-7-15-11(17-9)13(3,4)19-20-14(5,6)12-16-8-10(2)18-12;1-8(2,3)7-9(4,5)6;;/h9-10H,7-8H2,1-6H3,(H,15,17)(H,16,18);(H,1,2,3)(H,4,5,6);2*1H2. The molecule has 0 amide bonds. The summed E-state index contributed by atoms with van der Waals surface area (Å²) in [6.07, 6.45) is 0. The van der Waals surface area contributed by atoms with Gasteiger partial charge >= 0.3 is 20.8 Å². The fourth-order valence-corrected chi connectivity index (χ4v) is 3.17. The highest BCUT2D eigenvalue weighted by Gasteiger charge is 2.33. The van der Waals surface area contributed by atoms with Gasteiger partial charge in [0.2, 0.25) is 0 Å². The number of hydrogen-bond acceptors (Lipinski definition) is 11. The first-order chi connectivity index (χ1) is 12.9. The second-order valence-electron chi connectivity index (χ2n) is 7.71. The molecule has 0 aromatic rings. The molecule has 2 aliphatic rings. The van der Waals surface area contributed by atoms with Crippen LogP contribution < -0.4 is 10.6 Å². The van der Waals surface area contributed by atoms with E-state index in [0.29, 0.717) is 12.1 Å². The van der Waals surface area contributed by atoms with E-state index in [1.54, 1.807) is 0 Å². The molecule has 8 N–H and O–H groups in total. The number of nitrogens with one attached hydrogen (secondary N) is 2. The van der Waals surface area contributed by atoms with Gasteiger partial charge in [0, 0.05) is 12.1 Å². The van der Waals surface area contributed by atoms with Gasteiger partial charge in [-0.15, -0.1) is 3.63 Å². The van der Waals surface area contributed by atoms with Gasteiger partial charge in [-0.05, 0) is 41.5 Å². The van der Waals surface area contributed by atoms with Gasteiger partial charge < -0.3 is 21.6 Å². The summed E-state index contributed by atoms with van der Waals surface area (Å²) in [5, 5.41) is 15.8. The molecule has 0 spiro atoms. The van der Waals surface area contributed by atoms with E-state index in [-0.39, 0.29) is 11.0 Å². The number of azo groups is 1. The van der Waals surface area contributed by atoms with Crippen molar-refractivity contribution >= 4 is 32.5 Å². The maximum Gasteiger partial charge on any atom is 0.413 e. The summed E-state index contributed by atoms with van der Waals surface area (Å²) in [6, 6.07) is 0.767. The van der Waals surface area contributed by atoms with Gasteiger partial charge in [0.15, 0.2) is 0 Å². The first kappa shape index (κ1) is 31.4. The third kappa shape index (κ3) is 11.4. The van der Waals surface area contributed by atoms with Gasteiger partial charge in [0.05, 0.1) is 13.1 Å². The van der Waals surface area contributed by atoms with Crippen LogP contribution in [0.25, 0.3) is 0 Å². The first-order valence-corrected chi connectivity index (χ1v) is 11.4. The lowest BCUT2D eigenvalue weighted by Gasteiger charge is -2.24. The molecule has 2 unspecified atom stereocenters. The summed E-state index contributed by atoms with van der Waals surface area (Å²) < 4.78 is 55.6. The molecule has 0 aliphatic carbocycles. The van der Waals surface area contributed by atoms with Crippen LogP contribution in [0.1, 0.15) is 41.5 Å². The van der Waals surface area contributed by atoms with Crippen LogP contribution in [0.5, 0.6) is 0 Å². The lowest BCUT2D eigenvalue weighted by atomic mass is 10.0. The Bertz CT molecular complexity index is 825. The van der Waals surface area contributed by atoms with E-state index in [0.717, 1.165) is 24.8 Å². The summed E-state index contributed by atoms with van der Waals surface area (Å²) in [6.45, 7) is 14.0. The third-order valence-electron chi connectivity index (χ3n) is 3.69. The molecule has 2 atom stereocenters. The molecule has 0 fully saturated rings. The fourth-order valence-electron chi connectivity index (χ4n) is 2.30. The molecule has 0 saturated carbocycles. The van der Waals surface area contributed by atoms with Gasteiger partial charge in [-0.3, -0.25) is 19.1 Å². The average Bonchev–Trinajstić information content (AvgIpc) is 3.12. The Balaban J connectivity index is 0. The van der Waals surface area contributed by atoms with E-state index >= 15 is 0 Å². The molecule has 184 valence electrons. The van der Waals surface area contributed by atoms with Gasteiger partial charge in [-0.2, -0.15) is 27.1 Å². The normalized spacial score (nSPS) is 21.5. The van der Waals surface area contributed by atoms with Crippen LogP contribution in [-0.2, 0) is 24.4 Å². The van der Waals surface area contributed by atoms with Crippen LogP contribution in [-0.4, -0.2) is 84.8 Å². The summed E-state index contributed by atoms with van der Waals surface area (Å²) in [5.41, 5.74) is -0.848. The lowest BCUT2D eigenvalue weighted by molar-refractivity contribution is 0.344. The Kier molecular flexibility index (Phi) is 11.4. The van der Waals surface area contributed by atoms with E-state index in [2.05, 4.69) is 48.3 Å². The van der Waals surface area contributed by atoms with Crippen molar-refractivity contribution in [2.24, 2.45) is 20.2 Å². The number of nitrogens with zero attached hydrogens (tertiary/aromatic N) is 4. The zero-order chi connectivity index (χ0) is 22.7. The van der Waals surface area contributed by atoms with Gasteiger partial charge in [0.25, 0.3) is 0 Å². The minimum Gasteiger partial charge on any atom is -0.412 e. The minimum atomic E-state index is -5.12. The predicted molar refractivity (Wildman–Crippen MR) is 114 cm³/mol. The van der Waals surface area contributed by atoms with Crippen LogP contribution >= 0.6 is 0 Å². The Morgan fingerprint density at radius 3 is 1.29 bits per heavy atom. The highest BCUT2D eigenvalue weighted by molar-refractivity contribution is 7.94. The van der Waals surface area contributed by atoms with Gasteiger partial charge in [-0.1, -0.05) is 0 Å². The molecule has 2 rings (SSSR count). The van der Waals surface area contributed by atoms with Crippen molar-refractivity contribution in [3.8, 4) is 0 Å².